The maximum Gasteiger partial charge on any atom is 0.121 e. The molecule has 2 aromatic rings. The number of nitriles is 1. The van der Waals surface area contributed by atoms with Crippen LogP contribution in [-0.4, -0.2) is 28.0 Å². The number of aromatic amines is 1. The van der Waals surface area contributed by atoms with Gasteiger partial charge in [0.15, 0.2) is 0 Å². The molecule has 0 aliphatic heterocycles. The maximum atomic E-state index is 8.75. The third kappa shape index (κ3) is 3.72. The van der Waals surface area contributed by atoms with Gasteiger partial charge in [-0.15, -0.1) is 0 Å². The van der Waals surface area contributed by atoms with Gasteiger partial charge in [-0.25, -0.2) is 4.98 Å². The molecular weight excluding hydrogens is 250 g/mol. The van der Waals surface area contributed by atoms with E-state index in [4.69, 9.17) is 11.0 Å². The first-order valence-corrected chi connectivity index (χ1v) is 6.92. The van der Waals surface area contributed by atoms with E-state index in [2.05, 4.69) is 34.8 Å². The zero-order chi connectivity index (χ0) is 14.5. The van der Waals surface area contributed by atoms with Crippen LogP contribution in [0.2, 0.25) is 0 Å². The number of aromatic nitrogens is 2. The Morgan fingerprint density at radius 2 is 2.25 bits per heavy atom. The molecule has 1 aromatic heterocycles. The van der Waals surface area contributed by atoms with Crippen LogP contribution in [0.5, 0.6) is 0 Å². The minimum absolute atomic E-state index is 0.542. The van der Waals surface area contributed by atoms with E-state index >= 15 is 0 Å². The van der Waals surface area contributed by atoms with Crippen molar-refractivity contribution in [3.05, 3.63) is 24.0 Å². The Morgan fingerprint density at radius 1 is 1.45 bits per heavy atom. The van der Waals surface area contributed by atoms with Gasteiger partial charge in [-0.3, -0.25) is 4.90 Å². The summed E-state index contributed by atoms with van der Waals surface area (Å²) in [7, 11) is 0. The first-order chi connectivity index (χ1) is 9.58. The van der Waals surface area contributed by atoms with E-state index in [0.29, 0.717) is 12.3 Å². The van der Waals surface area contributed by atoms with Crippen molar-refractivity contribution in [2.75, 3.05) is 18.8 Å². The van der Waals surface area contributed by atoms with Crippen LogP contribution >= 0.6 is 0 Å². The highest BCUT2D eigenvalue weighted by atomic mass is 15.1. The van der Waals surface area contributed by atoms with Crippen LogP contribution in [-0.2, 0) is 6.54 Å². The van der Waals surface area contributed by atoms with Gasteiger partial charge >= 0.3 is 0 Å². The van der Waals surface area contributed by atoms with Crippen molar-refractivity contribution >= 4 is 16.7 Å². The summed E-state index contributed by atoms with van der Waals surface area (Å²) in [4.78, 5) is 10.1. The van der Waals surface area contributed by atoms with Crippen LogP contribution in [0.1, 0.15) is 26.1 Å². The molecule has 1 heterocycles. The number of rotatable bonds is 6. The second kappa shape index (κ2) is 6.40. The molecule has 3 N–H and O–H groups in total. The Labute approximate surface area is 119 Å². The van der Waals surface area contributed by atoms with Crippen LogP contribution in [0.15, 0.2) is 18.2 Å². The number of imidazole rings is 1. The summed E-state index contributed by atoms with van der Waals surface area (Å²) in [6.07, 6.45) is 0.542. The minimum atomic E-state index is 0.542. The lowest BCUT2D eigenvalue weighted by atomic mass is 10.2. The van der Waals surface area contributed by atoms with Gasteiger partial charge in [0.2, 0.25) is 0 Å². The molecule has 5 heteroatoms. The molecule has 0 unspecified atom stereocenters. The molecule has 0 aliphatic rings. The number of hydrogen-bond donors (Lipinski definition) is 2. The molecule has 106 valence electrons. The zero-order valence-electron chi connectivity index (χ0n) is 12.1. The van der Waals surface area contributed by atoms with E-state index in [1.54, 1.807) is 0 Å². The Morgan fingerprint density at radius 3 is 2.95 bits per heavy atom. The molecule has 5 nitrogen and oxygen atoms in total. The molecule has 1 aromatic carbocycles. The Hall–Kier alpha value is -2.06. The highest BCUT2D eigenvalue weighted by Crippen LogP contribution is 2.16. The molecule has 0 atom stereocenters. The molecule has 0 saturated carbocycles. The molecule has 0 saturated heterocycles. The Bertz CT molecular complexity index is 608. The number of nitrogen functional groups attached to an aromatic ring is 1. The third-order valence-corrected chi connectivity index (χ3v) is 3.09. The quantitative estimate of drug-likeness (QED) is 0.791. The SMILES string of the molecule is CC(C)CN(CCC#N)Cc1nc2ccc(N)cc2[nH]1. The van der Waals surface area contributed by atoms with Crippen LogP contribution in [0.3, 0.4) is 0 Å². The van der Waals surface area contributed by atoms with Gasteiger partial charge in [0.1, 0.15) is 5.82 Å². The molecule has 0 radical (unpaired) electrons. The summed E-state index contributed by atoms with van der Waals surface area (Å²) in [6, 6.07) is 7.88. The van der Waals surface area contributed by atoms with Crippen molar-refractivity contribution in [1.29, 1.82) is 5.26 Å². The molecule has 0 aliphatic carbocycles. The van der Waals surface area contributed by atoms with Gasteiger partial charge in [-0.1, -0.05) is 13.8 Å². The molecule has 0 spiro atoms. The lowest BCUT2D eigenvalue weighted by molar-refractivity contribution is 0.236. The molecule has 0 amide bonds. The van der Waals surface area contributed by atoms with Crippen LogP contribution in [0.4, 0.5) is 5.69 Å². The second-order valence-electron chi connectivity index (χ2n) is 5.50. The number of nitrogens with zero attached hydrogens (tertiary/aromatic N) is 3. The lowest BCUT2D eigenvalue weighted by Crippen LogP contribution is -2.28. The van der Waals surface area contributed by atoms with Crippen molar-refractivity contribution in [3.63, 3.8) is 0 Å². The van der Waals surface area contributed by atoms with E-state index in [1.807, 2.05) is 18.2 Å². The number of hydrogen-bond acceptors (Lipinski definition) is 4. The maximum absolute atomic E-state index is 8.75. The molecular formula is C15H21N5. The largest absolute Gasteiger partial charge is 0.399 e. The molecule has 20 heavy (non-hydrogen) atoms. The van der Waals surface area contributed by atoms with Crippen LogP contribution in [0.25, 0.3) is 11.0 Å². The molecule has 0 bridgehead atoms. The summed E-state index contributed by atoms with van der Waals surface area (Å²) in [5.74, 6) is 1.48. The molecule has 0 fully saturated rings. The number of nitrogens with two attached hydrogens (primary N) is 1. The fraction of sp³-hybridized carbons (Fsp3) is 0.467. The lowest BCUT2D eigenvalue weighted by Gasteiger charge is -2.21. The summed E-state index contributed by atoms with van der Waals surface area (Å²) >= 11 is 0. The topological polar surface area (TPSA) is 81.7 Å². The summed E-state index contributed by atoms with van der Waals surface area (Å²) < 4.78 is 0. The summed E-state index contributed by atoms with van der Waals surface area (Å²) in [5, 5.41) is 8.75. The van der Waals surface area contributed by atoms with Gasteiger partial charge in [-0.05, 0) is 24.1 Å². The standard InChI is InChI=1S/C15H21N5/c1-11(2)9-20(7-3-6-16)10-15-18-13-5-4-12(17)8-14(13)19-15/h4-5,8,11H,3,7,9-10,17H2,1-2H3,(H,18,19). The van der Waals surface area contributed by atoms with Crippen molar-refractivity contribution in [2.24, 2.45) is 5.92 Å². The van der Waals surface area contributed by atoms with E-state index in [0.717, 1.165) is 42.2 Å². The summed E-state index contributed by atoms with van der Waals surface area (Å²) in [6.45, 7) is 6.82. The predicted molar refractivity (Wildman–Crippen MR) is 80.9 cm³/mol. The van der Waals surface area contributed by atoms with Crippen molar-refractivity contribution < 1.29 is 0 Å². The smallest absolute Gasteiger partial charge is 0.121 e. The Balaban J connectivity index is 2.12. The normalized spacial score (nSPS) is 11.3. The van der Waals surface area contributed by atoms with Crippen molar-refractivity contribution in [3.8, 4) is 6.07 Å². The minimum Gasteiger partial charge on any atom is -0.399 e. The fourth-order valence-corrected chi connectivity index (χ4v) is 2.33. The van der Waals surface area contributed by atoms with E-state index in [1.165, 1.54) is 0 Å². The number of nitrogens with one attached hydrogen (secondary N) is 1. The summed E-state index contributed by atoms with van der Waals surface area (Å²) in [5.41, 5.74) is 8.40. The highest BCUT2D eigenvalue weighted by Gasteiger charge is 2.11. The van der Waals surface area contributed by atoms with Crippen LogP contribution < -0.4 is 5.73 Å². The predicted octanol–water partition coefficient (Wildman–Crippen LogP) is 2.52. The van der Waals surface area contributed by atoms with Gasteiger partial charge in [0.25, 0.3) is 0 Å². The molecule has 2 rings (SSSR count). The number of benzene rings is 1. The van der Waals surface area contributed by atoms with E-state index in [-0.39, 0.29) is 0 Å². The monoisotopic (exact) mass is 271 g/mol. The van der Waals surface area contributed by atoms with Gasteiger partial charge < -0.3 is 10.7 Å². The average Bonchev–Trinajstić information content (AvgIpc) is 2.76. The zero-order valence-corrected chi connectivity index (χ0v) is 12.1. The first kappa shape index (κ1) is 14.4. The number of H-pyrrole nitrogens is 1. The second-order valence-corrected chi connectivity index (χ2v) is 5.50. The number of anilines is 1. The van der Waals surface area contributed by atoms with Gasteiger partial charge in [0.05, 0.1) is 23.6 Å². The van der Waals surface area contributed by atoms with Crippen molar-refractivity contribution in [2.45, 2.75) is 26.8 Å². The van der Waals surface area contributed by atoms with Gasteiger partial charge in [0, 0.05) is 25.2 Å². The fourth-order valence-electron chi connectivity index (χ4n) is 2.33. The van der Waals surface area contributed by atoms with Crippen LogP contribution in [0, 0.1) is 17.2 Å². The highest BCUT2D eigenvalue weighted by molar-refractivity contribution is 5.78. The van der Waals surface area contributed by atoms with E-state index < -0.39 is 0 Å². The first-order valence-electron chi connectivity index (χ1n) is 6.92. The van der Waals surface area contributed by atoms with E-state index in [9.17, 15) is 0 Å². The van der Waals surface area contributed by atoms with Crippen molar-refractivity contribution in [1.82, 2.24) is 14.9 Å². The Kier molecular flexibility index (Phi) is 4.59. The van der Waals surface area contributed by atoms with Gasteiger partial charge in [-0.2, -0.15) is 5.26 Å². The number of fused-ring (bicyclic) bond motifs is 1. The average molecular weight is 271 g/mol. The third-order valence-electron chi connectivity index (χ3n) is 3.09.